The van der Waals surface area contributed by atoms with Gasteiger partial charge in [0.2, 0.25) is 5.95 Å². The number of ether oxygens (including phenoxy) is 2. The van der Waals surface area contributed by atoms with Crippen LogP contribution < -0.4 is 30.3 Å². The van der Waals surface area contributed by atoms with Crippen LogP contribution in [0, 0.1) is 5.82 Å². The van der Waals surface area contributed by atoms with Gasteiger partial charge in [-0.3, -0.25) is 9.80 Å². The summed E-state index contributed by atoms with van der Waals surface area (Å²) in [6.07, 6.45) is 7.22. The Morgan fingerprint density at radius 3 is 2.50 bits per heavy atom. The van der Waals surface area contributed by atoms with E-state index >= 15 is 4.39 Å². The molecule has 2 aromatic rings. The van der Waals surface area contributed by atoms with Gasteiger partial charge in [-0.05, 0) is 38.5 Å². The first-order chi connectivity index (χ1) is 16.4. The van der Waals surface area contributed by atoms with Crippen LogP contribution in [0.1, 0.15) is 44.1 Å². The molecule has 2 aliphatic carbocycles. The molecule has 0 saturated heterocycles. The number of nitrogens with zero attached hydrogens (tertiary/aromatic N) is 4. The van der Waals surface area contributed by atoms with Crippen molar-refractivity contribution in [2.75, 3.05) is 29.3 Å². The monoisotopic (exact) mass is 490 g/mol. The zero-order valence-electron chi connectivity index (χ0n) is 19.2. The molecular weight excluding hydrogens is 463 g/mol. The van der Waals surface area contributed by atoms with E-state index < -0.39 is 5.82 Å². The topological polar surface area (TPSA) is 106 Å². The van der Waals surface area contributed by atoms with Gasteiger partial charge < -0.3 is 20.5 Å². The second-order valence-electron chi connectivity index (χ2n) is 9.03. The number of hydrogen-bond donors (Lipinski definition) is 2. The molecule has 5 rings (SSSR count). The third-order valence-electron chi connectivity index (χ3n) is 6.67. The van der Waals surface area contributed by atoms with Crippen LogP contribution in [0.2, 0.25) is 5.02 Å². The summed E-state index contributed by atoms with van der Waals surface area (Å²) in [7, 11) is 2.77. The molecule has 2 fully saturated rings. The minimum atomic E-state index is -0.726. The maximum atomic E-state index is 15.4. The summed E-state index contributed by atoms with van der Waals surface area (Å²) in [5.41, 5.74) is 6.64. The van der Waals surface area contributed by atoms with E-state index in [1.807, 2.05) is 0 Å². The molecule has 3 N–H and O–H groups in total. The van der Waals surface area contributed by atoms with Crippen molar-refractivity contribution in [2.24, 2.45) is 5.73 Å². The summed E-state index contributed by atoms with van der Waals surface area (Å²) >= 11 is 6.47. The number of aromatic nitrogens is 2. The van der Waals surface area contributed by atoms with Crippen molar-refractivity contribution in [1.82, 2.24) is 9.97 Å². The summed E-state index contributed by atoms with van der Waals surface area (Å²) in [5.74, 6) is 0.472. The van der Waals surface area contributed by atoms with Crippen LogP contribution in [0.4, 0.5) is 26.6 Å². The molecule has 0 spiro atoms. The Bertz CT molecular complexity index is 1080. The zero-order valence-corrected chi connectivity index (χ0v) is 19.9. The Morgan fingerprint density at radius 2 is 1.85 bits per heavy atom. The van der Waals surface area contributed by atoms with Gasteiger partial charge in [-0.1, -0.05) is 11.6 Å². The van der Waals surface area contributed by atoms with E-state index in [1.165, 1.54) is 25.2 Å². The van der Waals surface area contributed by atoms with Gasteiger partial charge in [0.05, 0.1) is 20.8 Å². The third-order valence-corrected chi connectivity index (χ3v) is 7.04. The number of carbonyl (C=O) groups excluding carboxylic acids is 1. The second kappa shape index (κ2) is 9.07. The van der Waals surface area contributed by atoms with Gasteiger partial charge in [-0.15, -0.1) is 0 Å². The first-order valence-corrected chi connectivity index (χ1v) is 11.9. The molecule has 9 nitrogen and oxygen atoms in total. The van der Waals surface area contributed by atoms with Crippen LogP contribution in [-0.2, 0) is 6.54 Å². The van der Waals surface area contributed by atoms with Crippen LogP contribution in [0.15, 0.2) is 12.3 Å². The number of halogens is 2. The number of urea groups is 1. The van der Waals surface area contributed by atoms with Gasteiger partial charge in [0.15, 0.2) is 11.6 Å². The number of rotatable bonds is 6. The van der Waals surface area contributed by atoms with Gasteiger partial charge in [-0.25, -0.2) is 14.2 Å². The minimum Gasteiger partial charge on any atom is -0.495 e. The SMILES string of the molecule is COc1cc(OC)c(Cl)c(N2Cc3cnc(NC4CCC(N)CC4)nc3N(C3CC3)C2=O)c1F. The molecule has 1 aliphatic heterocycles. The number of methoxy groups -OCH3 is 2. The fraction of sp³-hybridized carbons (Fsp3) is 0.522. The molecular formula is C23H28ClFN6O3. The highest BCUT2D eigenvalue weighted by Gasteiger charge is 2.43. The number of carbonyl (C=O) groups is 1. The van der Waals surface area contributed by atoms with Crippen molar-refractivity contribution < 1.29 is 18.7 Å². The van der Waals surface area contributed by atoms with Crippen molar-refractivity contribution in [3.05, 3.63) is 28.7 Å². The molecule has 34 heavy (non-hydrogen) atoms. The molecule has 0 bridgehead atoms. The van der Waals surface area contributed by atoms with Crippen LogP contribution in [-0.4, -0.2) is 48.3 Å². The molecule has 2 saturated carbocycles. The molecule has 182 valence electrons. The zero-order chi connectivity index (χ0) is 24.0. The minimum absolute atomic E-state index is 0.00109. The van der Waals surface area contributed by atoms with E-state index in [9.17, 15) is 4.79 Å². The smallest absolute Gasteiger partial charge is 0.330 e. The molecule has 3 aliphatic rings. The lowest BCUT2D eigenvalue weighted by Crippen LogP contribution is -2.49. The normalized spacial score (nSPS) is 22.4. The fourth-order valence-corrected chi connectivity index (χ4v) is 4.95. The van der Waals surface area contributed by atoms with E-state index in [1.54, 1.807) is 11.1 Å². The van der Waals surface area contributed by atoms with Crippen molar-refractivity contribution in [3.63, 3.8) is 0 Å². The average Bonchev–Trinajstić information content (AvgIpc) is 3.66. The summed E-state index contributed by atoms with van der Waals surface area (Å²) < 4.78 is 25.8. The highest BCUT2D eigenvalue weighted by molar-refractivity contribution is 6.35. The number of fused-ring (bicyclic) bond motifs is 1. The number of anilines is 3. The quantitative estimate of drug-likeness (QED) is 0.628. The van der Waals surface area contributed by atoms with Crippen LogP contribution >= 0.6 is 11.6 Å². The number of benzene rings is 1. The predicted molar refractivity (Wildman–Crippen MR) is 127 cm³/mol. The van der Waals surface area contributed by atoms with Crippen LogP contribution in [0.3, 0.4) is 0 Å². The molecule has 0 radical (unpaired) electrons. The second-order valence-corrected chi connectivity index (χ2v) is 9.40. The molecule has 0 atom stereocenters. The molecule has 11 heteroatoms. The third kappa shape index (κ3) is 4.09. The number of hydrogen-bond acceptors (Lipinski definition) is 7. The summed E-state index contributed by atoms with van der Waals surface area (Å²) in [6.45, 7) is 0.0723. The molecule has 1 aromatic carbocycles. The van der Waals surface area contributed by atoms with Crippen LogP contribution in [0.5, 0.6) is 11.5 Å². The Balaban J connectivity index is 1.50. The Morgan fingerprint density at radius 1 is 1.15 bits per heavy atom. The number of nitrogens with two attached hydrogens (primary N) is 1. The Hall–Kier alpha value is -2.85. The number of nitrogens with one attached hydrogen (secondary N) is 1. The molecule has 2 heterocycles. The van der Waals surface area contributed by atoms with Crippen molar-refractivity contribution in [2.45, 2.75) is 63.2 Å². The molecule has 1 aromatic heterocycles. The van der Waals surface area contributed by atoms with Crippen molar-refractivity contribution in [3.8, 4) is 11.5 Å². The van der Waals surface area contributed by atoms with E-state index in [0.717, 1.165) is 38.5 Å². The van der Waals surface area contributed by atoms with Gasteiger partial charge in [0, 0.05) is 36.0 Å². The van der Waals surface area contributed by atoms with E-state index in [2.05, 4.69) is 10.3 Å². The summed E-state index contributed by atoms with van der Waals surface area (Å²) in [5, 5.41) is 3.40. The van der Waals surface area contributed by atoms with Gasteiger partial charge in [-0.2, -0.15) is 4.98 Å². The summed E-state index contributed by atoms with van der Waals surface area (Å²) in [4.78, 5) is 25.8. The Labute approximate surface area is 202 Å². The first-order valence-electron chi connectivity index (χ1n) is 11.5. The maximum Gasteiger partial charge on any atom is 0.330 e. The lowest BCUT2D eigenvalue weighted by Gasteiger charge is -2.37. The van der Waals surface area contributed by atoms with Gasteiger partial charge in [0.25, 0.3) is 0 Å². The van der Waals surface area contributed by atoms with Crippen molar-refractivity contribution in [1.29, 1.82) is 0 Å². The molecule has 2 amide bonds. The Kier molecular flexibility index (Phi) is 6.11. The van der Waals surface area contributed by atoms with E-state index in [4.69, 9.17) is 31.8 Å². The number of amides is 2. The predicted octanol–water partition coefficient (Wildman–Crippen LogP) is 4.08. The summed E-state index contributed by atoms with van der Waals surface area (Å²) in [6, 6.07) is 1.47. The highest BCUT2D eigenvalue weighted by Crippen LogP contribution is 2.46. The maximum absolute atomic E-state index is 15.4. The highest BCUT2D eigenvalue weighted by atomic mass is 35.5. The first kappa shape index (κ1) is 22.9. The van der Waals surface area contributed by atoms with Gasteiger partial charge >= 0.3 is 6.03 Å². The van der Waals surface area contributed by atoms with Crippen LogP contribution in [0.25, 0.3) is 0 Å². The lowest BCUT2D eigenvalue weighted by atomic mass is 9.92. The van der Waals surface area contributed by atoms with E-state index in [0.29, 0.717) is 17.3 Å². The van der Waals surface area contributed by atoms with E-state index in [-0.39, 0.29) is 52.9 Å². The lowest BCUT2D eigenvalue weighted by molar-refractivity contribution is 0.249. The van der Waals surface area contributed by atoms with Gasteiger partial charge in [0.1, 0.15) is 22.3 Å². The average molecular weight is 491 g/mol. The largest absolute Gasteiger partial charge is 0.495 e. The molecule has 0 unspecified atom stereocenters. The van der Waals surface area contributed by atoms with Crippen molar-refractivity contribution >= 4 is 35.1 Å². The standard InChI is InChI=1S/C23H28ClFN6O3/c1-33-16-9-17(34-2)19(25)20(18(16)24)30-11-12-10-27-22(28-14-5-3-13(26)4-6-14)29-21(12)31(23(30)32)15-7-8-15/h9-10,13-15H,3-8,11,26H2,1-2H3,(H,27,28,29). The fourth-order valence-electron chi connectivity index (χ4n) is 4.64.